The summed E-state index contributed by atoms with van der Waals surface area (Å²) in [7, 11) is 0. The first-order valence-corrected chi connectivity index (χ1v) is 9.40. The van der Waals surface area contributed by atoms with E-state index < -0.39 is 0 Å². The standard InChI is InChI=1S/C19H32N4O2/c1-2-17-5-7-18(8-6-17)21-19(25)20-9-3-4-10-22-11-13-23(14-12-22)15-16-24/h5-8,24H,2-4,9-16H2,1H3,(H2,20,21,25). The Kier molecular flexibility index (Phi) is 8.72. The van der Waals surface area contributed by atoms with Crippen LogP contribution in [0.4, 0.5) is 10.5 Å². The van der Waals surface area contributed by atoms with Gasteiger partial charge in [0, 0.05) is 45.0 Å². The van der Waals surface area contributed by atoms with E-state index in [2.05, 4.69) is 27.4 Å². The van der Waals surface area contributed by atoms with Crippen LogP contribution in [-0.2, 0) is 6.42 Å². The zero-order chi connectivity index (χ0) is 17.9. The van der Waals surface area contributed by atoms with Crippen LogP contribution in [0.3, 0.4) is 0 Å². The Morgan fingerprint density at radius 3 is 2.28 bits per heavy atom. The minimum absolute atomic E-state index is 0.137. The molecule has 1 aromatic rings. The third-order valence-electron chi connectivity index (χ3n) is 4.69. The topological polar surface area (TPSA) is 67.8 Å². The molecule has 0 aliphatic carbocycles. The fourth-order valence-corrected chi connectivity index (χ4v) is 3.04. The van der Waals surface area contributed by atoms with Crippen LogP contribution >= 0.6 is 0 Å². The number of amides is 2. The third kappa shape index (κ3) is 7.42. The van der Waals surface area contributed by atoms with Crippen molar-refractivity contribution >= 4 is 11.7 Å². The van der Waals surface area contributed by atoms with Gasteiger partial charge < -0.3 is 20.6 Å². The lowest BCUT2D eigenvalue weighted by Crippen LogP contribution is -2.47. The number of hydrogen-bond acceptors (Lipinski definition) is 4. The second-order valence-corrected chi connectivity index (χ2v) is 6.55. The average Bonchev–Trinajstić information content (AvgIpc) is 2.64. The molecule has 2 rings (SSSR count). The minimum atomic E-state index is -0.137. The predicted octanol–water partition coefficient (Wildman–Crippen LogP) is 1.76. The highest BCUT2D eigenvalue weighted by Crippen LogP contribution is 2.09. The number of carbonyl (C=O) groups excluding carboxylic acids is 1. The van der Waals surface area contributed by atoms with Gasteiger partial charge >= 0.3 is 6.03 Å². The molecule has 6 nitrogen and oxygen atoms in total. The number of hydrogen-bond donors (Lipinski definition) is 3. The molecule has 25 heavy (non-hydrogen) atoms. The van der Waals surface area contributed by atoms with Crippen LogP contribution in [0.1, 0.15) is 25.3 Å². The summed E-state index contributed by atoms with van der Waals surface area (Å²) >= 11 is 0. The molecule has 1 saturated heterocycles. The number of nitrogens with one attached hydrogen (secondary N) is 2. The molecule has 1 heterocycles. The molecule has 1 aromatic carbocycles. The van der Waals surface area contributed by atoms with E-state index in [9.17, 15) is 4.79 Å². The van der Waals surface area contributed by atoms with E-state index in [1.807, 2.05) is 24.3 Å². The second-order valence-electron chi connectivity index (χ2n) is 6.55. The van der Waals surface area contributed by atoms with E-state index in [0.717, 1.165) is 64.2 Å². The van der Waals surface area contributed by atoms with Crippen molar-refractivity contribution in [1.29, 1.82) is 0 Å². The number of carbonyl (C=O) groups is 1. The summed E-state index contributed by atoms with van der Waals surface area (Å²) in [5.41, 5.74) is 2.10. The lowest BCUT2D eigenvalue weighted by Gasteiger charge is -2.34. The molecule has 0 radical (unpaired) electrons. The molecule has 0 aromatic heterocycles. The van der Waals surface area contributed by atoms with Crippen molar-refractivity contribution in [1.82, 2.24) is 15.1 Å². The fourth-order valence-electron chi connectivity index (χ4n) is 3.04. The van der Waals surface area contributed by atoms with Crippen molar-refractivity contribution < 1.29 is 9.90 Å². The zero-order valence-electron chi connectivity index (χ0n) is 15.3. The molecule has 0 unspecified atom stereocenters. The van der Waals surface area contributed by atoms with Crippen LogP contribution < -0.4 is 10.6 Å². The minimum Gasteiger partial charge on any atom is -0.395 e. The summed E-state index contributed by atoms with van der Waals surface area (Å²) in [6.45, 7) is 9.15. The van der Waals surface area contributed by atoms with Crippen LogP contribution in [0.25, 0.3) is 0 Å². The van der Waals surface area contributed by atoms with E-state index in [0.29, 0.717) is 6.54 Å². The second kappa shape index (κ2) is 11.1. The number of rotatable bonds is 9. The van der Waals surface area contributed by atoms with E-state index >= 15 is 0 Å². The number of nitrogens with zero attached hydrogens (tertiary/aromatic N) is 2. The zero-order valence-corrected chi connectivity index (χ0v) is 15.3. The van der Waals surface area contributed by atoms with E-state index in [-0.39, 0.29) is 12.6 Å². The maximum Gasteiger partial charge on any atom is 0.319 e. The molecule has 140 valence electrons. The Bertz CT molecular complexity index is 499. The molecular weight excluding hydrogens is 316 g/mol. The Morgan fingerprint density at radius 1 is 1.04 bits per heavy atom. The molecule has 2 amide bonds. The summed E-state index contributed by atoms with van der Waals surface area (Å²) in [6, 6.07) is 7.82. The van der Waals surface area contributed by atoms with Gasteiger partial charge in [-0.15, -0.1) is 0 Å². The Labute approximate surface area is 151 Å². The molecule has 3 N–H and O–H groups in total. The molecule has 1 fully saturated rings. The number of anilines is 1. The van der Waals surface area contributed by atoms with Gasteiger partial charge in [-0.25, -0.2) is 4.79 Å². The first-order chi connectivity index (χ1) is 12.2. The van der Waals surface area contributed by atoms with Crippen molar-refractivity contribution in [3.8, 4) is 0 Å². The Morgan fingerprint density at radius 2 is 1.68 bits per heavy atom. The molecule has 0 atom stereocenters. The highest BCUT2D eigenvalue weighted by molar-refractivity contribution is 5.89. The predicted molar refractivity (Wildman–Crippen MR) is 102 cm³/mol. The van der Waals surface area contributed by atoms with Crippen LogP contribution in [0.15, 0.2) is 24.3 Å². The lowest BCUT2D eigenvalue weighted by atomic mass is 10.1. The number of urea groups is 1. The molecule has 0 saturated carbocycles. The summed E-state index contributed by atoms with van der Waals surface area (Å²) in [4.78, 5) is 16.6. The number of benzene rings is 1. The van der Waals surface area contributed by atoms with Crippen molar-refractivity contribution in [3.05, 3.63) is 29.8 Å². The summed E-state index contributed by atoms with van der Waals surface area (Å²) in [6.07, 6.45) is 3.08. The van der Waals surface area contributed by atoms with Gasteiger partial charge in [-0.2, -0.15) is 0 Å². The van der Waals surface area contributed by atoms with Crippen LogP contribution in [-0.4, -0.2) is 73.4 Å². The normalized spacial score (nSPS) is 15.9. The van der Waals surface area contributed by atoms with Crippen molar-refractivity contribution in [2.45, 2.75) is 26.2 Å². The van der Waals surface area contributed by atoms with E-state index in [1.54, 1.807) is 0 Å². The summed E-state index contributed by atoms with van der Waals surface area (Å²) in [5.74, 6) is 0. The Hall–Kier alpha value is -1.63. The third-order valence-corrected chi connectivity index (χ3v) is 4.69. The molecule has 0 spiro atoms. The molecular formula is C19H32N4O2. The molecule has 0 bridgehead atoms. The van der Waals surface area contributed by atoms with Gasteiger partial charge in [0.15, 0.2) is 0 Å². The van der Waals surface area contributed by atoms with Gasteiger partial charge in [0.1, 0.15) is 0 Å². The summed E-state index contributed by atoms with van der Waals surface area (Å²) < 4.78 is 0. The lowest BCUT2D eigenvalue weighted by molar-refractivity contribution is 0.111. The Balaban J connectivity index is 1.52. The van der Waals surface area contributed by atoms with Gasteiger partial charge in [-0.05, 0) is 43.5 Å². The quantitative estimate of drug-likeness (QED) is 0.595. The van der Waals surface area contributed by atoms with Crippen molar-refractivity contribution in [2.24, 2.45) is 0 Å². The van der Waals surface area contributed by atoms with E-state index in [1.165, 1.54) is 5.56 Å². The number of aliphatic hydroxyl groups is 1. The number of unbranched alkanes of at least 4 members (excludes halogenated alkanes) is 1. The fraction of sp³-hybridized carbons (Fsp3) is 0.632. The smallest absolute Gasteiger partial charge is 0.319 e. The maximum absolute atomic E-state index is 11.9. The van der Waals surface area contributed by atoms with Gasteiger partial charge in [0.2, 0.25) is 0 Å². The first-order valence-electron chi connectivity index (χ1n) is 9.40. The highest BCUT2D eigenvalue weighted by atomic mass is 16.3. The van der Waals surface area contributed by atoms with Gasteiger partial charge in [0.05, 0.1) is 6.61 Å². The summed E-state index contributed by atoms with van der Waals surface area (Å²) in [5, 5.41) is 14.7. The van der Waals surface area contributed by atoms with E-state index in [4.69, 9.17) is 5.11 Å². The van der Waals surface area contributed by atoms with Crippen LogP contribution in [0, 0.1) is 0 Å². The van der Waals surface area contributed by atoms with Crippen LogP contribution in [0.2, 0.25) is 0 Å². The SMILES string of the molecule is CCc1ccc(NC(=O)NCCCCN2CCN(CCO)CC2)cc1. The van der Waals surface area contributed by atoms with Crippen LogP contribution in [0.5, 0.6) is 0 Å². The largest absolute Gasteiger partial charge is 0.395 e. The monoisotopic (exact) mass is 348 g/mol. The molecule has 1 aliphatic heterocycles. The highest BCUT2D eigenvalue weighted by Gasteiger charge is 2.15. The van der Waals surface area contributed by atoms with Gasteiger partial charge in [-0.3, -0.25) is 4.90 Å². The maximum atomic E-state index is 11.9. The number of aliphatic hydroxyl groups excluding tert-OH is 1. The first kappa shape index (κ1) is 19.7. The number of aryl methyl sites for hydroxylation is 1. The van der Waals surface area contributed by atoms with Crippen molar-refractivity contribution in [2.75, 3.05) is 57.7 Å². The molecule has 6 heteroatoms. The number of β-amino-alcohol motifs (C(OH)–C–C–N with tert-alkyl or cyclic N) is 1. The van der Waals surface area contributed by atoms with Gasteiger partial charge in [0.25, 0.3) is 0 Å². The molecule has 1 aliphatic rings. The average molecular weight is 348 g/mol. The van der Waals surface area contributed by atoms with Crippen molar-refractivity contribution in [3.63, 3.8) is 0 Å². The van der Waals surface area contributed by atoms with Gasteiger partial charge in [-0.1, -0.05) is 19.1 Å². The number of piperazine rings is 1.